The van der Waals surface area contributed by atoms with Crippen LogP contribution in [0.4, 0.5) is 15.3 Å². The second-order valence-corrected chi connectivity index (χ2v) is 11.0. The minimum atomic E-state index is -1.30. The van der Waals surface area contributed by atoms with Crippen molar-refractivity contribution in [1.82, 2.24) is 19.9 Å². The van der Waals surface area contributed by atoms with Crippen LogP contribution in [0, 0.1) is 0 Å². The molecular weight excluding hydrogens is 482 g/mol. The molecule has 2 aromatic heterocycles. The van der Waals surface area contributed by atoms with Crippen molar-refractivity contribution in [3.63, 3.8) is 0 Å². The Morgan fingerprint density at radius 3 is 2.08 bits per heavy atom. The molecule has 2 N–H and O–H groups in total. The number of hydrazine groups is 1. The second-order valence-electron chi connectivity index (χ2n) is 9.79. The monoisotopic (exact) mass is 517 g/mol. The number of aryl methyl sites for hydroxylation is 2. The lowest BCUT2D eigenvalue weighted by Crippen LogP contribution is -2.57. The van der Waals surface area contributed by atoms with Gasteiger partial charge in [0, 0.05) is 55.0 Å². The van der Waals surface area contributed by atoms with Crippen LogP contribution in [0.2, 0.25) is 0 Å². The molecule has 0 radical (unpaired) electrons. The van der Waals surface area contributed by atoms with Crippen LogP contribution in [0.15, 0.2) is 30.5 Å². The summed E-state index contributed by atoms with van der Waals surface area (Å²) in [6.45, 7) is 9.71. The molecule has 0 unspecified atom stereocenters. The van der Waals surface area contributed by atoms with Crippen molar-refractivity contribution in [2.45, 2.75) is 52.5 Å². The van der Waals surface area contributed by atoms with Gasteiger partial charge in [0.15, 0.2) is 0 Å². The van der Waals surface area contributed by atoms with Gasteiger partial charge in [0.05, 0.1) is 24.0 Å². The lowest BCUT2D eigenvalue weighted by Gasteiger charge is -2.39. The lowest BCUT2D eigenvalue weighted by molar-refractivity contribution is -0.129. The molecule has 36 heavy (non-hydrogen) atoms. The van der Waals surface area contributed by atoms with Gasteiger partial charge in [-0.25, -0.2) is 19.6 Å². The van der Waals surface area contributed by atoms with Gasteiger partial charge in [0.25, 0.3) is 0 Å². The second kappa shape index (κ2) is 11.6. The van der Waals surface area contributed by atoms with Crippen LogP contribution in [-0.2, 0) is 24.1 Å². The Morgan fingerprint density at radius 1 is 0.944 bits per heavy atom. The zero-order valence-corrected chi connectivity index (χ0v) is 22.1. The molecule has 1 fully saturated rings. The zero-order valence-electron chi connectivity index (χ0n) is 21.3. The molecule has 3 amide bonds. The van der Waals surface area contributed by atoms with Crippen LogP contribution < -0.4 is 4.90 Å². The number of hydrogen-bond donors (Lipinski definition) is 2. The third-order valence-electron chi connectivity index (χ3n) is 6.09. The molecule has 1 saturated heterocycles. The van der Waals surface area contributed by atoms with Gasteiger partial charge in [-0.15, -0.1) is 11.3 Å². The SMILES string of the molecule is CC(=O)N1CCN(c2ccc(CCc3ccc(CCN(C(=O)O)N(C(=O)O)C(C)(C)C)s3)nc2)CC1. The van der Waals surface area contributed by atoms with Crippen molar-refractivity contribution in [2.75, 3.05) is 37.6 Å². The lowest BCUT2D eigenvalue weighted by atomic mass is 10.1. The van der Waals surface area contributed by atoms with Gasteiger partial charge in [-0.2, -0.15) is 0 Å². The van der Waals surface area contributed by atoms with Crippen LogP contribution >= 0.6 is 11.3 Å². The number of amides is 3. The van der Waals surface area contributed by atoms with E-state index in [2.05, 4.69) is 16.0 Å². The van der Waals surface area contributed by atoms with E-state index in [9.17, 15) is 24.6 Å². The highest BCUT2D eigenvalue weighted by Crippen LogP contribution is 2.22. The summed E-state index contributed by atoms with van der Waals surface area (Å²) in [6, 6.07) is 8.13. The number of anilines is 1. The first-order chi connectivity index (χ1) is 17.0. The number of piperazine rings is 1. The minimum absolute atomic E-state index is 0.0581. The molecule has 196 valence electrons. The van der Waals surface area contributed by atoms with E-state index in [4.69, 9.17) is 0 Å². The van der Waals surface area contributed by atoms with E-state index in [0.717, 1.165) is 65.3 Å². The van der Waals surface area contributed by atoms with E-state index in [-0.39, 0.29) is 12.5 Å². The first kappa shape index (κ1) is 27.3. The number of pyridine rings is 1. The fraction of sp³-hybridized carbons (Fsp3) is 0.520. The van der Waals surface area contributed by atoms with Gasteiger partial charge >= 0.3 is 12.2 Å². The van der Waals surface area contributed by atoms with Crippen molar-refractivity contribution in [2.24, 2.45) is 0 Å². The molecule has 10 nitrogen and oxygen atoms in total. The molecule has 2 aromatic rings. The fourth-order valence-electron chi connectivity index (χ4n) is 4.22. The highest BCUT2D eigenvalue weighted by Gasteiger charge is 2.35. The number of carbonyl (C=O) groups is 3. The van der Waals surface area contributed by atoms with Crippen LogP contribution in [0.25, 0.3) is 0 Å². The summed E-state index contributed by atoms with van der Waals surface area (Å²) in [4.78, 5) is 45.8. The Hall–Kier alpha value is -3.34. The molecule has 0 saturated carbocycles. The largest absolute Gasteiger partial charge is 0.464 e. The molecule has 3 rings (SSSR count). The number of hydrogen-bond acceptors (Lipinski definition) is 6. The number of nitrogens with zero attached hydrogens (tertiary/aromatic N) is 5. The van der Waals surface area contributed by atoms with Crippen LogP contribution in [0.5, 0.6) is 0 Å². The third kappa shape index (κ3) is 7.09. The molecule has 11 heteroatoms. The number of aromatic nitrogens is 1. The Balaban J connectivity index is 1.52. The summed E-state index contributed by atoms with van der Waals surface area (Å²) < 4.78 is 0. The quantitative estimate of drug-likeness (QED) is 0.536. The average molecular weight is 518 g/mol. The molecule has 0 bridgehead atoms. The third-order valence-corrected chi connectivity index (χ3v) is 7.30. The van der Waals surface area contributed by atoms with Crippen LogP contribution in [0.1, 0.15) is 43.1 Å². The van der Waals surface area contributed by atoms with Crippen molar-refractivity contribution < 1.29 is 24.6 Å². The topological polar surface area (TPSA) is 118 Å². The molecule has 1 aliphatic rings. The van der Waals surface area contributed by atoms with Crippen LogP contribution in [0.3, 0.4) is 0 Å². The highest BCUT2D eigenvalue weighted by atomic mass is 32.1. The van der Waals surface area contributed by atoms with Gasteiger partial charge < -0.3 is 20.0 Å². The van der Waals surface area contributed by atoms with Crippen molar-refractivity contribution in [3.8, 4) is 0 Å². The maximum atomic E-state index is 11.7. The number of carbonyl (C=O) groups excluding carboxylic acids is 1. The molecule has 3 heterocycles. The summed E-state index contributed by atoms with van der Waals surface area (Å²) in [5, 5.41) is 20.8. The van der Waals surface area contributed by atoms with Crippen molar-refractivity contribution in [3.05, 3.63) is 45.9 Å². The predicted molar refractivity (Wildman–Crippen MR) is 138 cm³/mol. The summed E-state index contributed by atoms with van der Waals surface area (Å²) in [6.07, 6.45) is 1.34. The van der Waals surface area contributed by atoms with Crippen molar-refractivity contribution in [1.29, 1.82) is 0 Å². The smallest absolute Gasteiger partial charge is 0.426 e. The summed E-state index contributed by atoms with van der Waals surface area (Å²) in [5.74, 6) is 0.117. The van der Waals surface area contributed by atoms with E-state index in [1.165, 1.54) is 4.88 Å². The number of carboxylic acid groups (broad SMARTS) is 2. The molecular formula is C25H35N5O5S. The number of rotatable bonds is 7. The fourth-order valence-corrected chi connectivity index (χ4v) is 5.23. The van der Waals surface area contributed by atoms with E-state index < -0.39 is 17.7 Å². The van der Waals surface area contributed by atoms with E-state index in [1.54, 1.807) is 39.0 Å². The summed E-state index contributed by atoms with van der Waals surface area (Å²) in [5.41, 5.74) is 1.18. The Labute approximate surface area is 215 Å². The highest BCUT2D eigenvalue weighted by molar-refractivity contribution is 7.12. The van der Waals surface area contributed by atoms with E-state index >= 15 is 0 Å². The van der Waals surface area contributed by atoms with Crippen LogP contribution in [-0.4, -0.2) is 86.5 Å². The van der Waals surface area contributed by atoms with Gasteiger partial charge in [-0.1, -0.05) is 0 Å². The van der Waals surface area contributed by atoms with E-state index in [1.807, 2.05) is 29.3 Å². The first-order valence-corrected chi connectivity index (χ1v) is 12.8. The van der Waals surface area contributed by atoms with E-state index in [0.29, 0.717) is 6.42 Å². The van der Waals surface area contributed by atoms with Gasteiger partial charge in [0.1, 0.15) is 0 Å². The standard InChI is InChI=1S/C25H35N5O5S/c1-18(31)27-13-15-28(16-14-27)20-7-5-19(26-17-20)6-8-21-9-10-22(36-21)11-12-29(23(32)33)30(24(34)35)25(2,3)4/h5,7,9-10,17H,6,8,11-16H2,1-4H3,(H,32,33)(H,34,35). The zero-order chi connectivity index (χ0) is 26.5. The summed E-state index contributed by atoms with van der Waals surface area (Å²) in [7, 11) is 0. The number of thiophene rings is 1. The molecule has 1 aliphatic heterocycles. The average Bonchev–Trinajstić information content (AvgIpc) is 3.27. The minimum Gasteiger partial charge on any atom is -0.464 e. The summed E-state index contributed by atoms with van der Waals surface area (Å²) >= 11 is 1.61. The van der Waals surface area contributed by atoms with Gasteiger partial charge in [-0.05, 0) is 57.9 Å². The normalized spacial score (nSPS) is 14.0. The molecule has 0 spiro atoms. The Bertz CT molecular complexity index is 1060. The van der Waals surface area contributed by atoms with Gasteiger partial charge in [-0.3, -0.25) is 9.78 Å². The Morgan fingerprint density at radius 2 is 1.58 bits per heavy atom. The first-order valence-electron chi connectivity index (χ1n) is 12.0. The molecule has 0 atom stereocenters. The predicted octanol–water partition coefficient (Wildman–Crippen LogP) is 3.81. The van der Waals surface area contributed by atoms with Crippen molar-refractivity contribution >= 4 is 35.1 Å². The molecule has 0 aliphatic carbocycles. The maximum absolute atomic E-state index is 11.7. The Kier molecular flexibility index (Phi) is 8.78. The maximum Gasteiger partial charge on any atom is 0.426 e. The molecule has 0 aromatic carbocycles. The van der Waals surface area contributed by atoms with Gasteiger partial charge in [0.2, 0.25) is 5.91 Å².